The van der Waals surface area contributed by atoms with Crippen LogP contribution in [0.25, 0.3) is 0 Å². The molecule has 4 nitrogen and oxygen atoms in total. The average molecular weight is 281 g/mol. The molecule has 1 aromatic rings. The number of carbonyl (C=O) groups is 2. The maximum atomic E-state index is 12.9. The number of rotatable bonds is 6. The molecule has 0 saturated heterocycles. The molecular weight excluding hydrogens is 261 g/mol. The van der Waals surface area contributed by atoms with Gasteiger partial charge in [0.15, 0.2) is 5.78 Å². The summed E-state index contributed by atoms with van der Waals surface area (Å²) in [4.78, 5) is 23.1. The summed E-state index contributed by atoms with van der Waals surface area (Å²) >= 11 is 0. The first kappa shape index (κ1) is 16.3. The van der Waals surface area contributed by atoms with E-state index in [1.165, 1.54) is 24.3 Å². The Labute approximate surface area is 118 Å². The first-order chi connectivity index (χ1) is 9.19. The fourth-order valence-corrected chi connectivity index (χ4v) is 1.87. The summed E-state index contributed by atoms with van der Waals surface area (Å²) in [6.07, 6.45) is 0.101. The van der Waals surface area contributed by atoms with Gasteiger partial charge in [-0.05, 0) is 51.5 Å². The van der Waals surface area contributed by atoms with Gasteiger partial charge in [0.1, 0.15) is 5.82 Å². The lowest BCUT2D eigenvalue weighted by Crippen LogP contribution is -2.48. The fraction of sp³-hybridized carbons (Fsp3) is 0.467. The maximum Gasteiger partial charge on any atom is 0.303 e. The zero-order chi connectivity index (χ0) is 15.3. The van der Waals surface area contributed by atoms with Crippen molar-refractivity contribution in [2.24, 2.45) is 0 Å². The van der Waals surface area contributed by atoms with Gasteiger partial charge in [-0.25, -0.2) is 4.39 Å². The van der Waals surface area contributed by atoms with Crippen LogP contribution in [0.3, 0.4) is 0 Å². The van der Waals surface area contributed by atoms with Crippen LogP contribution in [0, 0.1) is 5.82 Å². The van der Waals surface area contributed by atoms with Crippen molar-refractivity contribution in [1.29, 1.82) is 0 Å². The van der Waals surface area contributed by atoms with Crippen molar-refractivity contribution < 1.29 is 19.1 Å². The minimum absolute atomic E-state index is 0.0965. The molecule has 1 unspecified atom stereocenters. The number of nitrogens with one attached hydrogen (secondary N) is 1. The summed E-state index contributed by atoms with van der Waals surface area (Å²) in [5, 5.41) is 11.9. The summed E-state index contributed by atoms with van der Waals surface area (Å²) < 4.78 is 12.9. The second kappa shape index (κ2) is 6.61. The van der Waals surface area contributed by atoms with Crippen LogP contribution in [-0.4, -0.2) is 28.4 Å². The Hall–Kier alpha value is -1.75. The van der Waals surface area contributed by atoms with Gasteiger partial charge < -0.3 is 10.4 Å². The second-order valence-corrected chi connectivity index (χ2v) is 5.75. The van der Waals surface area contributed by atoms with E-state index in [1.54, 1.807) is 0 Å². The second-order valence-electron chi connectivity index (χ2n) is 5.75. The molecule has 0 aromatic heterocycles. The van der Waals surface area contributed by atoms with Gasteiger partial charge in [0.2, 0.25) is 0 Å². The van der Waals surface area contributed by atoms with Crippen molar-refractivity contribution in [3.8, 4) is 0 Å². The van der Waals surface area contributed by atoms with Crippen LogP contribution in [0.4, 0.5) is 4.39 Å². The normalized spacial score (nSPS) is 13.0. The van der Waals surface area contributed by atoms with Gasteiger partial charge in [0, 0.05) is 17.5 Å². The standard InChI is InChI=1S/C15H20FNO3/c1-15(2,3)17-12(8-9-13(18)19)14(20)10-4-6-11(16)7-5-10/h4-7,12,17H,8-9H2,1-3H3,(H,18,19). The molecule has 0 radical (unpaired) electrons. The van der Waals surface area contributed by atoms with E-state index in [4.69, 9.17) is 5.11 Å². The average Bonchev–Trinajstić information content (AvgIpc) is 2.33. The highest BCUT2D eigenvalue weighted by Crippen LogP contribution is 2.13. The molecule has 0 aliphatic heterocycles. The van der Waals surface area contributed by atoms with Gasteiger partial charge in [0.25, 0.3) is 0 Å². The van der Waals surface area contributed by atoms with Crippen LogP contribution in [0.2, 0.25) is 0 Å². The van der Waals surface area contributed by atoms with Crippen LogP contribution in [-0.2, 0) is 4.79 Å². The van der Waals surface area contributed by atoms with Gasteiger partial charge in [-0.15, -0.1) is 0 Å². The zero-order valence-corrected chi connectivity index (χ0v) is 11.9. The Morgan fingerprint density at radius 1 is 1.25 bits per heavy atom. The minimum Gasteiger partial charge on any atom is -0.481 e. The molecule has 0 amide bonds. The number of aliphatic carboxylic acids is 1. The Balaban J connectivity index is 2.87. The van der Waals surface area contributed by atoms with E-state index in [9.17, 15) is 14.0 Å². The Bertz CT molecular complexity index is 477. The third-order valence-corrected chi connectivity index (χ3v) is 2.70. The summed E-state index contributed by atoms with van der Waals surface area (Å²) in [5.41, 5.74) is 0.0531. The molecule has 0 spiro atoms. The predicted octanol–water partition coefficient (Wildman–Crippen LogP) is 2.63. The topological polar surface area (TPSA) is 66.4 Å². The molecule has 0 heterocycles. The van der Waals surface area contributed by atoms with Crippen LogP contribution < -0.4 is 5.32 Å². The molecule has 0 saturated carbocycles. The van der Waals surface area contributed by atoms with Crippen molar-refractivity contribution in [1.82, 2.24) is 5.32 Å². The van der Waals surface area contributed by atoms with E-state index in [1.807, 2.05) is 20.8 Å². The van der Waals surface area contributed by atoms with Crippen molar-refractivity contribution in [2.45, 2.75) is 45.2 Å². The third kappa shape index (κ3) is 5.48. The first-order valence-corrected chi connectivity index (χ1v) is 6.48. The maximum absolute atomic E-state index is 12.9. The van der Waals surface area contributed by atoms with E-state index in [0.717, 1.165) is 0 Å². The highest BCUT2D eigenvalue weighted by molar-refractivity contribution is 6.00. The predicted molar refractivity (Wildman–Crippen MR) is 74.3 cm³/mol. The Morgan fingerprint density at radius 3 is 2.25 bits per heavy atom. The van der Waals surface area contributed by atoms with E-state index in [0.29, 0.717) is 5.56 Å². The molecular formula is C15H20FNO3. The molecule has 2 N–H and O–H groups in total. The van der Waals surface area contributed by atoms with Crippen molar-refractivity contribution in [2.75, 3.05) is 0 Å². The largest absolute Gasteiger partial charge is 0.481 e. The molecule has 1 rings (SSSR count). The number of carboxylic acids is 1. The summed E-state index contributed by atoms with van der Waals surface area (Å²) in [6.45, 7) is 5.70. The van der Waals surface area contributed by atoms with Crippen molar-refractivity contribution in [3.05, 3.63) is 35.6 Å². The zero-order valence-electron chi connectivity index (χ0n) is 11.9. The number of Topliss-reactive ketones (excluding diaryl/α,β-unsaturated/α-hetero) is 1. The number of halogens is 1. The monoisotopic (exact) mass is 281 g/mol. The first-order valence-electron chi connectivity index (χ1n) is 6.48. The quantitative estimate of drug-likeness (QED) is 0.787. The van der Waals surface area contributed by atoms with Gasteiger partial charge in [-0.3, -0.25) is 9.59 Å². The third-order valence-electron chi connectivity index (χ3n) is 2.70. The number of carboxylic acid groups (broad SMARTS) is 1. The lowest BCUT2D eigenvalue weighted by molar-refractivity contribution is -0.137. The fourth-order valence-electron chi connectivity index (χ4n) is 1.87. The van der Waals surface area contributed by atoms with E-state index < -0.39 is 17.8 Å². The lowest BCUT2D eigenvalue weighted by atomic mass is 9.97. The molecule has 110 valence electrons. The van der Waals surface area contributed by atoms with Gasteiger partial charge >= 0.3 is 5.97 Å². The van der Waals surface area contributed by atoms with Crippen LogP contribution >= 0.6 is 0 Å². The Morgan fingerprint density at radius 2 is 1.80 bits per heavy atom. The van der Waals surface area contributed by atoms with Gasteiger partial charge in [-0.1, -0.05) is 0 Å². The van der Waals surface area contributed by atoms with E-state index in [2.05, 4.69) is 5.32 Å². The number of hydrogen-bond acceptors (Lipinski definition) is 3. The minimum atomic E-state index is -0.947. The molecule has 1 aromatic carbocycles. The van der Waals surface area contributed by atoms with E-state index in [-0.39, 0.29) is 24.2 Å². The van der Waals surface area contributed by atoms with Crippen LogP contribution in [0.15, 0.2) is 24.3 Å². The summed E-state index contributed by atoms with van der Waals surface area (Å²) in [7, 11) is 0. The number of hydrogen-bond donors (Lipinski definition) is 2. The molecule has 0 aliphatic rings. The molecule has 0 aliphatic carbocycles. The Kier molecular flexibility index (Phi) is 5.39. The molecule has 5 heteroatoms. The number of benzene rings is 1. The number of ketones is 1. The lowest BCUT2D eigenvalue weighted by Gasteiger charge is -2.27. The van der Waals surface area contributed by atoms with Crippen molar-refractivity contribution in [3.63, 3.8) is 0 Å². The molecule has 1 atom stereocenters. The SMILES string of the molecule is CC(C)(C)NC(CCC(=O)O)C(=O)c1ccc(F)cc1. The summed E-state index contributed by atoms with van der Waals surface area (Å²) in [5.74, 6) is -1.58. The van der Waals surface area contributed by atoms with Gasteiger partial charge in [0.05, 0.1) is 6.04 Å². The highest BCUT2D eigenvalue weighted by Gasteiger charge is 2.25. The number of carbonyl (C=O) groups excluding carboxylic acids is 1. The highest BCUT2D eigenvalue weighted by atomic mass is 19.1. The molecule has 0 fully saturated rings. The van der Waals surface area contributed by atoms with Crippen LogP contribution in [0.1, 0.15) is 44.0 Å². The van der Waals surface area contributed by atoms with Crippen LogP contribution in [0.5, 0.6) is 0 Å². The molecule has 0 bridgehead atoms. The van der Waals surface area contributed by atoms with Gasteiger partial charge in [-0.2, -0.15) is 0 Å². The smallest absolute Gasteiger partial charge is 0.303 e. The van der Waals surface area contributed by atoms with E-state index >= 15 is 0 Å². The summed E-state index contributed by atoms with van der Waals surface area (Å²) in [6, 6.07) is 4.67. The van der Waals surface area contributed by atoms with Crippen molar-refractivity contribution >= 4 is 11.8 Å². The molecule has 20 heavy (non-hydrogen) atoms.